The number of thioether (sulfide) groups is 1. The molecule has 1 atom stereocenters. The second-order valence-electron chi connectivity index (χ2n) is 4.95. The van der Waals surface area contributed by atoms with Crippen molar-refractivity contribution >= 4 is 40.0 Å². The lowest BCUT2D eigenvalue weighted by atomic mass is 10.1. The van der Waals surface area contributed by atoms with Crippen LogP contribution in [0.25, 0.3) is 0 Å². The highest BCUT2D eigenvalue weighted by Gasteiger charge is 2.30. The number of benzene rings is 2. The van der Waals surface area contributed by atoms with Gasteiger partial charge in [-0.3, -0.25) is 0 Å². The van der Waals surface area contributed by atoms with E-state index in [0.29, 0.717) is 5.37 Å². The topological polar surface area (TPSA) is 12.5 Å². The third-order valence-corrected chi connectivity index (χ3v) is 5.74. The molecule has 1 heterocycles. The number of rotatable bonds is 5. The fraction of sp³-hybridized carbons (Fsp3) is 0.294. The summed E-state index contributed by atoms with van der Waals surface area (Å²) in [4.78, 5) is 3.91. The molecule has 0 bridgehead atoms. The zero-order valence-corrected chi connectivity index (χ0v) is 14.9. The first-order valence-electron chi connectivity index (χ1n) is 7.05. The van der Waals surface area contributed by atoms with Gasteiger partial charge in [-0.15, -0.1) is 0 Å². The summed E-state index contributed by atoms with van der Waals surface area (Å²) in [5, 5.41) is 0.372. The Morgan fingerprint density at radius 2 is 1.90 bits per heavy atom. The SMILES string of the molecule is COc1ccc(C2Sc3ccccc3N2CCCI)cc1. The Morgan fingerprint density at radius 3 is 2.62 bits per heavy atom. The Morgan fingerprint density at radius 1 is 1.14 bits per heavy atom. The van der Waals surface area contributed by atoms with Crippen LogP contribution in [0.1, 0.15) is 17.4 Å². The van der Waals surface area contributed by atoms with E-state index in [4.69, 9.17) is 4.74 Å². The van der Waals surface area contributed by atoms with Crippen LogP contribution in [0.2, 0.25) is 0 Å². The second-order valence-corrected chi connectivity index (χ2v) is 7.15. The van der Waals surface area contributed by atoms with Crippen molar-refractivity contribution < 1.29 is 4.74 Å². The van der Waals surface area contributed by atoms with Crippen LogP contribution in [0.3, 0.4) is 0 Å². The van der Waals surface area contributed by atoms with Gasteiger partial charge in [0.15, 0.2) is 0 Å². The molecule has 0 radical (unpaired) electrons. The zero-order valence-electron chi connectivity index (χ0n) is 12.0. The minimum absolute atomic E-state index is 0.372. The molecule has 0 saturated heterocycles. The van der Waals surface area contributed by atoms with Gasteiger partial charge in [-0.2, -0.15) is 0 Å². The van der Waals surface area contributed by atoms with E-state index in [2.05, 4.69) is 76.0 Å². The van der Waals surface area contributed by atoms with E-state index >= 15 is 0 Å². The number of anilines is 1. The lowest BCUT2D eigenvalue weighted by Crippen LogP contribution is -2.24. The summed E-state index contributed by atoms with van der Waals surface area (Å²) in [5.74, 6) is 0.915. The molecule has 21 heavy (non-hydrogen) atoms. The maximum absolute atomic E-state index is 5.26. The van der Waals surface area contributed by atoms with Gasteiger partial charge in [0.05, 0.1) is 12.8 Å². The highest BCUT2D eigenvalue weighted by molar-refractivity contribution is 14.1. The first-order valence-corrected chi connectivity index (χ1v) is 9.46. The maximum atomic E-state index is 5.26. The quantitative estimate of drug-likeness (QED) is 0.500. The molecular formula is C17H18INOS. The molecule has 4 heteroatoms. The van der Waals surface area contributed by atoms with E-state index in [-0.39, 0.29) is 0 Å². The van der Waals surface area contributed by atoms with Crippen molar-refractivity contribution in [1.29, 1.82) is 0 Å². The van der Waals surface area contributed by atoms with E-state index in [0.717, 1.165) is 12.3 Å². The smallest absolute Gasteiger partial charge is 0.118 e. The Kier molecular flexibility index (Phi) is 4.95. The predicted octanol–water partition coefficient (Wildman–Crippen LogP) is 5.13. The van der Waals surface area contributed by atoms with Crippen molar-refractivity contribution in [3.63, 3.8) is 0 Å². The fourth-order valence-corrected chi connectivity index (χ4v) is 4.27. The van der Waals surface area contributed by atoms with Crippen molar-refractivity contribution in [3.05, 3.63) is 54.1 Å². The monoisotopic (exact) mass is 411 g/mol. The zero-order chi connectivity index (χ0) is 14.7. The molecule has 0 aliphatic carbocycles. The number of para-hydroxylation sites is 1. The first kappa shape index (κ1) is 15.0. The second kappa shape index (κ2) is 6.92. The van der Waals surface area contributed by atoms with Crippen molar-refractivity contribution in [2.75, 3.05) is 23.0 Å². The Bertz CT molecular complexity index is 602. The van der Waals surface area contributed by atoms with Crippen LogP contribution < -0.4 is 9.64 Å². The van der Waals surface area contributed by atoms with Crippen LogP contribution >= 0.6 is 34.4 Å². The van der Waals surface area contributed by atoms with Crippen molar-refractivity contribution in [2.24, 2.45) is 0 Å². The molecule has 3 rings (SSSR count). The van der Waals surface area contributed by atoms with Gasteiger partial charge in [-0.1, -0.05) is 58.6 Å². The minimum Gasteiger partial charge on any atom is -0.497 e. The molecule has 1 aliphatic heterocycles. The Balaban J connectivity index is 1.89. The van der Waals surface area contributed by atoms with Crippen molar-refractivity contribution in [3.8, 4) is 5.75 Å². The Labute approximate surface area is 144 Å². The predicted molar refractivity (Wildman–Crippen MR) is 98.9 cm³/mol. The Hall–Kier alpha value is -0.880. The van der Waals surface area contributed by atoms with Gasteiger partial charge in [0.2, 0.25) is 0 Å². The molecule has 0 amide bonds. The summed E-state index contributed by atoms with van der Waals surface area (Å²) in [5.41, 5.74) is 2.71. The molecule has 0 aromatic heterocycles. The molecule has 2 aromatic carbocycles. The van der Waals surface area contributed by atoms with Gasteiger partial charge >= 0.3 is 0 Å². The standard InChI is InChI=1S/C17H18INOS/c1-20-14-9-7-13(8-10-14)17-19(12-4-11-18)15-5-2-3-6-16(15)21-17/h2-3,5-10,17H,4,11-12H2,1H3. The summed E-state index contributed by atoms with van der Waals surface area (Å²) in [6, 6.07) is 17.2. The summed E-state index contributed by atoms with van der Waals surface area (Å²) in [7, 11) is 1.71. The normalized spacial score (nSPS) is 16.9. The van der Waals surface area contributed by atoms with Crippen LogP contribution in [0.4, 0.5) is 5.69 Å². The number of methoxy groups -OCH3 is 1. The molecule has 0 spiro atoms. The number of hydrogen-bond acceptors (Lipinski definition) is 3. The highest BCUT2D eigenvalue weighted by Crippen LogP contribution is 2.51. The molecule has 2 aromatic rings. The summed E-state index contributed by atoms with van der Waals surface area (Å²) in [6.07, 6.45) is 1.21. The van der Waals surface area contributed by atoms with E-state index in [9.17, 15) is 0 Å². The van der Waals surface area contributed by atoms with Crippen LogP contribution in [0, 0.1) is 0 Å². The van der Waals surface area contributed by atoms with Gasteiger partial charge < -0.3 is 9.64 Å². The highest BCUT2D eigenvalue weighted by atomic mass is 127. The van der Waals surface area contributed by atoms with Gasteiger partial charge in [-0.05, 0) is 36.2 Å². The lowest BCUT2D eigenvalue weighted by molar-refractivity contribution is 0.414. The maximum Gasteiger partial charge on any atom is 0.118 e. The van der Waals surface area contributed by atoms with Gasteiger partial charge in [0.1, 0.15) is 11.1 Å². The summed E-state index contributed by atoms with van der Waals surface area (Å²) < 4.78 is 6.45. The fourth-order valence-electron chi connectivity index (χ4n) is 2.59. The van der Waals surface area contributed by atoms with Crippen LogP contribution in [0.5, 0.6) is 5.75 Å². The van der Waals surface area contributed by atoms with E-state index < -0.39 is 0 Å². The third kappa shape index (κ3) is 3.16. The number of ether oxygens (including phenoxy) is 1. The van der Waals surface area contributed by atoms with Gasteiger partial charge in [0, 0.05) is 15.9 Å². The number of alkyl halides is 1. The van der Waals surface area contributed by atoms with Crippen LogP contribution in [0.15, 0.2) is 53.4 Å². The molecule has 110 valence electrons. The largest absolute Gasteiger partial charge is 0.497 e. The lowest BCUT2D eigenvalue weighted by Gasteiger charge is -2.26. The number of fused-ring (bicyclic) bond motifs is 1. The van der Waals surface area contributed by atoms with Crippen molar-refractivity contribution in [1.82, 2.24) is 0 Å². The first-order chi connectivity index (χ1) is 10.3. The van der Waals surface area contributed by atoms with Crippen LogP contribution in [-0.4, -0.2) is 18.1 Å². The summed E-state index contributed by atoms with van der Waals surface area (Å²) >= 11 is 4.40. The summed E-state index contributed by atoms with van der Waals surface area (Å²) in [6.45, 7) is 1.10. The van der Waals surface area contributed by atoms with Gasteiger partial charge in [-0.25, -0.2) is 0 Å². The molecule has 2 nitrogen and oxygen atoms in total. The third-order valence-electron chi connectivity index (χ3n) is 3.63. The molecule has 0 N–H and O–H groups in total. The van der Waals surface area contributed by atoms with E-state index in [1.54, 1.807) is 7.11 Å². The van der Waals surface area contributed by atoms with E-state index in [1.807, 2.05) is 11.8 Å². The van der Waals surface area contributed by atoms with Crippen molar-refractivity contribution in [2.45, 2.75) is 16.7 Å². The average Bonchev–Trinajstić information content (AvgIpc) is 2.91. The molecule has 1 aliphatic rings. The van der Waals surface area contributed by atoms with Crippen LogP contribution in [-0.2, 0) is 0 Å². The van der Waals surface area contributed by atoms with E-state index in [1.165, 1.54) is 27.0 Å². The number of hydrogen-bond donors (Lipinski definition) is 0. The molecule has 0 saturated carbocycles. The molecular weight excluding hydrogens is 393 g/mol. The average molecular weight is 411 g/mol. The molecule has 1 unspecified atom stereocenters. The number of nitrogens with zero attached hydrogens (tertiary/aromatic N) is 1. The molecule has 0 fully saturated rings. The minimum atomic E-state index is 0.372. The van der Waals surface area contributed by atoms with Gasteiger partial charge in [0.25, 0.3) is 0 Å². The number of halogens is 1.